The number of amides is 2. The van der Waals surface area contributed by atoms with Gasteiger partial charge in [0.1, 0.15) is 5.82 Å². The lowest BCUT2D eigenvalue weighted by atomic mass is 10.1. The summed E-state index contributed by atoms with van der Waals surface area (Å²) >= 11 is 0. The smallest absolute Gasteiger partial charge is 0.226 e. The molecule has 0 spiro atoms. The van der Waals surface area contributed by atoms with Crippen molar-refractivity contribution in [2.24, 2.45) is 0 Å². The molecule has 0 bridgehead atoms. The van der Waals surface area contributed by atoms with E-state index < -0.39 is 0 Å². The summed E-state index contributed by atoms with van der Waals surface area (Å²) in [5, 5.41) is 2.97. The molecule has 2 rings (SSSR count). The summed E-state index contributed by atoms with van der Waals surface area (Å²) in [5.74, 6) is -0.522. The summed E-state index contributed by atoms with van der Waals surface area (Å²) in [6.07, 6.45) is 1.46. The molecule has 2 aromatic rings. The van der Waals surface area contributed by atoms with Gasteiger partial charge in [-0.15, -0.1) is 0 Å². The van der Waals surface area contributed by atoms with E-state index in [0.717, 1.165) is 23.2 Å². The second-order valence-corrected chi connectivity index (χ2v) is 6.61. The molecule has 2 amide bonds. The Labute approximate surface area is 160 Å². The molecule has 2 aromatic carbocycles. The third kappa shape index (κ3) is 5.91. The van der Waals surface area contributed by atoms with Gasteiger partial charge in [-0.3, -0.25) is 9.59 Å². The minimum absolute atomic E-state index is 0.121. The number of anilines is 1. The van der Waals surface area contributed by atoms with Crippen LogP contribution in [0.3, 0.4) is 0 Å². The molecule has 0 unspecified atom stereocenters. The molecule has 27 heavy (non-hydrogen) atoms. The molecule has 0 fully saturated rings. The molecule has 0 aliphatic rings. The largest absolute Gasteiger partial charge is 0.342 e. The average Bonchev–Trinajstić information content (AvgIpc) is 2.64. The van der Waals surface area contributed by atoms with Crippen LogP contribution in [-0.2, 0) is 22.4 Å². The lowest BCUT2D eigenvalue weighted by molar-refractivity contribution is -0.129. The van der Waals surface area contributed by atoms with Crippen molar-refractivity contribution in [3.63, 3.8) is 0 Å². The first-order valence-electron chi connectivity index (χ1n) is 9.29. The number of rotatable bonds is 8. The SMILES string of the molecule is CCc1cccc(C)c1NC(=O)CCN(CCc1ccccc1F)C(C)=O. The summed E-state index contributed by atoms with van der Waals surface area (Å²) in [6.45, 7) is 6.17. The van der Waals surface area contributed by atoms with Gasteiger partial charge in [0.15, 0.2) is 0 Å². The topological polar surface area (TPSA) is 49.4 Å². The van der Waals surface area contributed by atoms with E-state index in [1.807, 2.05) is 32.0 Å². The van der Waals surface area contributed by atoms with Crippen LogP contribution in [0.5, 0.6) is 0 Å². The summed E-state index contributed by atoms with van der Waals surface area (Å²) in [5.41, 5.74) is 3.53. The van der Waals surface area contributed by atoms with Crippen molar-refractivity contribution < 1.29 is 14.0 Å². The van der Waals surface area contributed by atoms with Gasteiger partial charge >= 0.3 is 0 Å². The Hall–Kier alpha value is -2.69. The normalized spacial score (nSPS) is 10.5. The van der Waals surface area contributed by atoms with Crippen LogP contribution >= 0.6 is 0 Å². The zero-order chi connectivity index (χ0) is 19.8. The van der Waals surface area contributed by atoms with Gasteiger partial charge in [0, 0.05) is 32.1 Å². The maximum absolute atomic E-state index is 13.7. The third-order valence-corrected chi connectivity index (χ3v) is 4.67. The zero-order valence-electron chi connectivity index (χ0n) is 16.2. The maximum atomic E-state index is 13.7. The second-order valence-electron chi connectivity index (χ2n) is 6.61. The van der Waals surface area contributed by atoms with Crippen molar-refractivity contribution in [3.05, 3.63) is 65.0 Å². The predicted octanol–water partition coefficient (Wildman–Crippen LogP) is 4.12. The number of nitrogens with one attached hydrogen (secondary N) is 1. The molecule has 1 N–H and O–H groups in total. The summed E-state index contributed by atoms with van der Waals surface area (Å²) in [6, 6.07) is 12.5. The summed E-state index contributed by atoms with van der Waals surface area (Å²) in [7, 11) is 0. The molecular formula is C22H27FN2O2. The van der Waals surface area contributed by atoms with Crippen molar-refractivity contribution in [1.82, 2.24) is 4.90 Å². The van der Waals surface area contributed by atoms with Gasteiger partial charge in [-0.25, -0.2) is 4.39 Å². The number of carbonyl (C=O) groups is 2. The molecule has 144 valence electrons. The first-order valence-corrected chi connectivity index (χ1v) is 9.29. The maximum Gasteiger partial charge on any atom is 0.226 e. The molecule has 5 heteroatoms. The van der Waals surface area contributed by atoms with Crippen molar-refractivity contribution >= 4 is 17.5 Å². The van der Waals surface area contributed by atoms with Crippen molar-refractivity contribution in [3.8, 4) is 0 Å². The highest BCUT2D eigenvalue weighted by Gasteiger charge is 2.14. The second kappa shape index (κ2) is 9.86. The van der Waals surface area contributed by atoms with E-state index >= 15 is 0 Å². The van der Waals surface area contributed by atoms with Gasteiger partial charge in [0.05, 0.1) is 0 Å². The highest BCUT2D eigenvalue weighted by molar-refractivity contribution is 5.92. The molecule has 0 atom stereocenters. The summed E-state index contributed by atoms with van der Waals surface area (Å²) < 4.78 is 13.7. The Morgan fingerprint density at radius 1 is 1.04 bits per heavy atom. The van der Waals surface area contributed by atoms with Crippen LogP contribution in [0.2, 0.25) is 0 Å². The predicted molar refractivity (Wildman–Crippen MR) is 106 cm³/mol. The zero-order valence-corrected chi connectivity index (χ0v) is 16.2. The van der Waals surface area contributed by atoms with Gasteiger partial charge in [0.2, 0.25) is 11.8 Å². The molecule has 0 saturated carbocycles. The molecule has 0 aliphatic heterocycles. The third-order valence-electron chi connectivity index (χ3n) is 4.67. The highest BCUT2D eigenvalue weighted by atomic mass is 19.1. The Morgan fingerprint density at radius 3 is 2.41 bits per heavy atom. The first kappa shape index (κ1) is 20.6. The fourth-order valence-electron chi connectivity index (χ4n) is 3.02. The van der Waals surface area contributed by atoms with Crippen LogP contribution in [0.15, 0.2) is 42.5 Å². The first-order chi connectivity index (χ1) is 12.9. The lowest BCUT2D eigenvalue weighted by Gasteiger charge is -2.21. The Bertz CT molecular complexity index is 805. The quantitative estimate of drug-likeness (QED) is 0.760. The fourth-order valence-corrected chi connectivity index (χ4v) is 3.02. The van der Waals surface area contributed by atoms with E-state index in [2.05, 4.69) is 5.32 Å². The number of aryl methyl sites for hydroxylation is 2. The van der Waals surface area contributed by atoms with Crippen LogP contribution in [-0.4, -0.2) is 29.8 Å². The van der Waals surface area contributed by atoms with Crippen molar-refractivity contribution in [2.45, 2.75) is 40.0 Å². The highest BCUT2D eigenvalue weighted by Crippen LogP contribution is 2.21. The number of hydrogen-bond donors (Lipinski definition) is 1. The monoisotopic (exact) mass is 370 g/mol. The summed E-state index contributed by atoms with van der Waals surface area (Å²) in [4.78, 5) is 25.8. The van der Waals surface area contributed by atoms with Crippen LogP contribution in [0.4, 0.5) is 10.1 Å². The fraction of sp³-hybridized carbons (Fsp3) is 0.364. The van der Waals surface area contributed by atoms with Gasteiger partial charge < -0.3 is 10.2 Å². The van der Waals surface area contributed by atoms with Crippen LogP contribution in [0.25, 0.3) is 0 Å². The molecule has 0 radical (unpaired) electrons. The van der Waals surface area contributed by atoms with Gasteiger partial charge in [-0.2, -0.15) is 0 Å². The molecular weight excluding hydrogens is 343 g/mol. The van der Waals surface area contributed by atoms with Crippen molar-refractivity contribution in [2.75, 3.05) is 18.4 Å². The van der Waals surface area contributed by atoms with E-state index in [1.165, 1.54) is 13.0 Å². The minimum atomic E-state index is -0.273. The number of carbonyl (C=O) groups excluding carboxylic acids is 2. The van der Waals surface area contributed by atoms with E-state index in [1.54, 1.807) is 23.1 Å². The van der Waals surface area contributed by atoms with Crippen LogP contribution < -0.4 is 5.32 Å². The Morgan fingerprint density at radius 2 is 1.74 bits per heavy atom. The molecule has 4 nitrogen and oxygen atoms in total. The number of hydrogen-bond acceptors (Lipinski definition) is 2. The van der Waals surface area contributed by atoms with Crippen molar-refractivity contribution in [1.29, 1.82) is 0 Å². The van der Waals surface area contributed by atoms with Gasteiger partial charge in [0.25, 0.3) is 0 Å². The Balaban J connectivity index is 1.93. The Kier molecular flexibility index (Phi) is 7.53. The van der Waals surface area contributed by atoms with E-state index in [4.69, 9.17) is 0 Å². The number of halogens is 1. The number of nitrogens with zero attached hydrogens (tertiary/aromatic N) is 1. The number of benzene rings is 2. The van der Waals surface area contributed by atoms with E-state index in [-0.39, 0.29) is 24.1 Å². The average molecular weight is 370 g/mol. The lowest BCUT2D eigenvalue weighted by Crippen LogP contribution is -2.34. The van der Waals surface area contributed by atoms with Gasteiger partial charge in [-0.05, 0) is 42.5 Å². The van der Waals surface area contributed by atoms with E-state index in [9.17, 15) is 14.0 Å². The van der Waals surface area contributed by atoms with Crippen LogP contribution in [0, 0.1) is 12.7 Å². The standard InChI is InChI=1S/C22H27FN2O2/c1-4-18-10-7-8-16(2)22(18)24-21(27)13-15-25(17(3)26)14-12-19-9-5-6-11-20(19)23/h5-11H,4,12-15H2,1-3H3,(H,24,27). The molecule has 0 saturated heterocycles. The molecule has 0 aromatic heterocycles. The van der Waals surface area contributed by atoms with E-state index in [0.29, 0.717) is 25.1 Å². The molecule has 0 heterocycles. The minimum Gasteiger partial charge on any atom is -0.342 e. The molecule has 0 aliphatic carbocycles. The van der Waals surface area contributed by atoms with Gasteiger partial charge in [-0.1, -0.05) is 43.3 Å². The number of para-hydroxylation sites is 1. The van der Waals surface area contributed by atoms with Crippen LogP contribution in [0.1, 0.15) is 37.0 Å².